The Balaban J connectivity index is 2.68. The Kier molecular flexibility index (Phi) is 2.66. The van der Waals surface area contributed by atoms with E-state index in [-0.39, 0.29) is 4.24 Å². The predicted molar refractivity (Wildman–Crippen MR) is 44.5 cm³/mol. The fraction of sp³-hybridized carbons (Fsp3) is 0.333. The van der Waals surface area contributed by atoms with Gasteiger partial charge in [0.15, 0.2) is 4.24 Å². The first kappa shape index (κ1) is 9.14. The standard InChI is InChI=1S/C3H6ClN3O2S2/c1-5-7-6-2-3(10-7)11(4,8)9/h2,5-6H,1H3. The summed E-state index contributed by atoms with van der Waals surface area (Å²) in [6.07, 6.45) is 1.31. The number of nitrogens with one attached hydrogen (secondary N) is 2. The van der Waals surface area contributed by atoms with Crippen molar-refractivity contribution in [1.29, 1.82) is 0 Å². The van der Waals surface area contributed by atoms with E-state index in [4.69, 9.17) is 10.7 Å². The van der Waals surface area contributed by atoms with Crippen molar-refractivity contribution in [3.05, 3.63) is 10.4 Å². The molecule has 0 radical (unpaired) electrons. The second kappa shape index (κ2) is 3.20. The summed E-state index contributed by atoms with van der Waals surface area (Å²) in [4.78, 5) is 0. The smallest absolute Gasteiger partial charge is 0.270 e. The molecule has 1 aliphatic rings. The van der Waals surface area contributed by atoms with Crippen molar-refractivity contribution in [2.24, 2.45) is 0 Å². The molecule has 1 aliphatic heterocycles. The van der Waals surface area contributed by atoms with Gasteiger partial charge in [0.05, 0.1) is 0 Å². The average Bonchev–Trinajstić information content (AvgIpc) is 2.32. The van der Waals surface area contributed by atoms with E-state index < -0.39 is 9.05 Å². The molecule has 0 bridgehead atoms. The third-order valence-corrected chi connectivity index (χ3v) is 3.95. The predicted octanol–water partition coefficient (Wildman–Crippen LogP) is -0.0433. The van der Waals surface area contributed by atoms with Crippen LogP contribution in [-0.2, 0) is 9.05 Å². The highest BCUT2D eigenvalue weighted by atomic mass is 35.7. The topological polar surface area (TPSA) is 61.4 Å². The van der Waals surface area contributed by atoms with E-state index in [1.807, 2.05) is 0 Å². The van der Waals surface area contributed by atoms with Crippen molar-refractivity contribution in [2.75, 3.05) is 7.05 Å². The van der Waals surface area contributed by atoms with Crippen LogP contribution in [0.25, 0.3) is 0 Å². The van der Waals surface area contributed by atoms with E-state index in [1.165, 1.54) is 10.7 Å². The van der Waals surface area contributed by atoms with Crippen molar-refractivity contribution >= 4 is 31.7 Å². The highest BCUT2D eigenvalue weighted by Crippen LogP contribution is 2.29. The summed E-state index contributed by atoms with van der Waals surface area (Å²) in [5, 5.41) is 0. The van der Waals surface area contributed by atoms with Gasteiger partial charge in [0, 0.05) is 35.9 Å². The second-order valence-corrected chi connectivity index (χ2v) is 5.42. The molecule has 1 heterocycles. The zero-order valence-corrected chi connectivity index (χ0v) is 7.92. The molecule has 0 fully saturated rings. The molecule has 0 saturated heterocycles. The minimum absolute atomic E-state index is 0.0773. The summed E-state index contributed by atoms with van der Waals surface area (Å²) >= 11 is 0.970. The molecule has 64 valence electrons. The van der Waals surface area contributed by atoms with Gasteiger partial charge in [-0.3, -0.25) is 0 Å². The minimum Gasteiger partial charge on any atom is -0.301 e. The largest absolute Gasteiger partial charge is 0.301 e. The molecular formula is C3H6ClN3O2S2. The van der Waals surface area contributed by atoms with Crippen LogP contribution >= 0.6 is 22.6 Å². The highest BCUT2D eigenvalue weighted by Gasteiger charge is 2.23. The molecule has 0 saturated carbocycles. The van der Waals surface area contributed by atoms with E-state index in [0.29, 0.717) is 0 Å². The molecule has 0 aromatic heterocycles. The summed E-state index contributed by atoms with van der Waals surface area (Å²) in [5.41, 5.74) is 5.30. The van der Waals surface area contributed by atoms with Gasteiger partial charge in [0.1, 0.15) is 0 Å². The number of halogens is 1. The van der Waals surface area contributed by atoms with Gasteiger partial charge in [0.25, 0.3) is 9.05 Å². The minimum atomic E-state index is -3.59. The lowest BCUT2D eigenvalue weighted by molar-refractivity contribution is 0.339. The van der Waals surface area contributed by atoms with Crippen LogP contribution in [0.15, 0.2) is 10.4 Å². The molecule has 0 atom stereocenters. The van der Waals surface area contributed by atoms with E-state index in [0.717, 1.165) is 11.9 Å². The Hall–Kier alpha value is 0.0500. The first-order chi connectivity index (χ1) is 5.04. The fourth-order valence-electron chi connectivity index (χ4n) is 0.479. The van der Waals surface area contributed by atoms with Gasteiger partial charge >= 0.3 is 0 Å². The quantitative estimate of drug-likeness (QED) is 0.498. The van der Waals surface area contributed by atoms with Gasteiger partial charge < -0.3 is 5.43 Å². The third-order valence-electron chi connectivity index (χ3n) is 0.924. The summed E-state index contributed by atoms with van der Waals surface area (Å²) in [6.45, 7) is 0. The lowest BCUT2D eigenvalue weighted by atomic mass is 11.1. The molecule has 0 aromatic rings. The highest BCUT2D eigenvalue weighted by molar-refractivity contribution is 8.28. The fourth-order valence-corrected chi connectivity index (χ4v) is 2.12. The number of rotatable bonds is 2. The lowest BCUT2D eigenvalue weighted by Gasteiger charge is -2.10. The van der Waals surface area contributed by atoms with Crippen molar-refractivity contribution in [3.63, 3.8) is 0 Å². The molecule has 2 N–H and O–H groups in total. The van der Waals surface area contributed by atoms with Gasteiger partial charge in [-0.05, 0) is 0 Å². The van der Waals surface area contributed by atoms with E-state index in [2.05, 4.69) is 10.9 Å². The first-order valence-corrected chi connectivity index (χ1v) is 5.69. The van der Waals surface area contributed by atoms with Crippen LogP contribution in [0.1, 0.15) is 0 Å². The maximum atomic E-state index is 10.7. The Morgan fingerprint density at radius 3 is 2.73 bits per heavy atom. The van der Waals surface area contributed by atoms with Gasteiger partial charge in [-0.2, -0.15) is 0 Å². The second-order valence-electron chi connectivity index (χ2n) is 1.64. The molecule has 0 aliphatic carbocycles. The number of hydrazine groups is 2. The van der Waals surface area contributed by atoms with Crippen LogP contribution < -0.4 is 10.9 Å². The van der Waals surface area contributed by atoms with Crippen molar-refractivity contribution < 1.29 is 8.42 Å². The van der Waals surface area contributed by atoms with Gasteiger partial charge in [-0.1, -0.05) is 4.52 Å². The third kappa shape index (κ3) is 2.24. The summed E-state index contributed by atoms with van der Waals surface area (Å²) in [7, 11) is 3.11. The summed E-state index contributed by atoms with van der Waals surface area (Å²) in [6, 6.07) is 0. The van der Waals surface area contributed by atoms with Crippen LogP contribution in [0.4, 0.5) is 0 Å². The van der Waals surface area contributed by atoms with Crippen molar-refractivity contribution in [1.82, 2.24) is 15.4 Å². The maximum Gasteiger partial charge on any atom is 0.270 e. The Bertz CT molecular complexity index is 274. The van der Waals surface area contributed by atoms with Crippen LogP contribution in [0, 0.1) is 0 Å². The van der Waals surface area contributed by atoms with Crippen LogP contribution in [-0.4, -0.2) is 20.0 Å². The van der Waals surface area contributed by atoms with E-state index in [9.17, 15) is 8.42 Å². The summed E-state index contributed by atoms with van der Waals surface area (Å²) < 4.78 is 22.8. The molecule has 0 amide bonds. The van der Waals surface area contributed by atoms with Crippen LogP contribution in [0.2, 0.25) is 0 Å². The lowest BCUT2D eigenvalue weighted by Crippen LogP contribution is -2.34. The number of hydrogen-bond acceptors (Lipinski definition) is 6. The monoisotopic (exact) mass is 215 g/mol. The van der Waals surface area contributed by atoms with Gasteiger partial charge in [0.2, 0.25) is 0 Å². The first-order valence-electron chi connectivity index (χ1n) is 2.60. The molecule has 0 aromatic carbocycles. The molecule has 11 heavy (non-hydrogen) atoms. The molecule has 8 heteroatoms. The Labute approximate surface area is 73.3 Å². The molecule has 0 spiro atoms. The molecule has 5 nitrogen and oxygen atoms in total. The summed E-state index contributed by atoms with van der Waals surface area (Å²) in [5.74, 6) is 0. The zero-order chi connectivity index (χ0) is 8.48. The molecule has 0 unspecified atom stereocenters. The van der Waals surface area contributed by atoms with Crippen molar-refractivity contribution in [2.45, 2.75) is 0 Å². The number of nitrogens with zero attached hydrogens (tertiary/aromatic N) is 1. The van der Waals surface area contributed by atoms with Gasteiger partial charge in [-0.15, -0.1) is 0 Å². The number of hydrogen-bond donors (Lipinski definition) is 2. The zero-order valence-electron chi connectivity index (χ0n) is 5.54. The van der Waals surface area contributed by atoms with Crippen LogP contribution in [0.5, 0.6) is 0 Å². The van der Waals surface area contributed by atoms with Crippen molar-refractivity contribution in [3.8, 4) is 0 Å². The average molecular weight is 216 g/mol. The Morgan fingerprint density at radius 1 is 1.82 bits per heavy atom. The normalized spacial score (nSPS) is 19.6. The Morgan fingerprint density at radius 2 is 2.45 bits per heavy atom. The van der Waals surface area contributed by atoms with Gasteiger partial charge in [-0.25, -0.2) is 13.8 Å². The van der Waals surface area contributed by atoms with Crippen LogP contribution in [0.3, 0.4) is 0 Å². The SMILES string of the molecule is CNN1NC=C(S(=O)(=O)Cl)S1. The molecular weight excluding hydrogens is 210 g/mol. The van der Waals surface area contributed by atoms with E-state index in [1.54, 1.807) is 7.05 Å². The maximum absolute atomic E-state index is 10.7. The molecule has 1 rings (SSSR count). The van der Waals surface area contributed by atoms with E-state index >= 15 is 0 Å².